The van der Waals surface area contributed by atoms with Gasteiger partial charge in [-0.05, 0) is 50.2 Å². The number of nitrogens with zero attached hydrogens (tertiary/aromatic N) is 7. The molecule has 8 nitrogen and oxygen atoms in total. The summed E-state index contributed by atoms with van der Waals surface area (Å²) in [6, 6.07) is 8.09. The minimum absolute atomic E-state index is 0.0603. The van der Waals surface area contributed by atoms with Crippen LogP contribution in [-0.4, -0.2) is 63.4 Å². The number of halogens is 2. The highest BCUT2D eigenvalue weighted by Crippen LogP contribution is 2.34. The Labute approximate surface area is 188 Å². The van der Waals surface area contributed by atoms with E-state index in [1.54, 1.807) is 35.1 Å². The highest BCUT2D eigenvalue weighted by atomic mass is 19.1. The topological polar surface area (TPSA) is 80.3 Å². The summed E-state index contributed by atoms with van der Waals surface area (Å²) in [5.41, 5.74) is 0.733. The van der Waals surface area contributed by atoms with Gasteiger partial charge in [0.15, 0.2) is 0 Å². The summed E-state index contributed by atoms with van der Waals surface area (Å²) in [6.45, 7) is 2.57. The number of alkyl halides is 1. The lowest BCUT2D eigenvalue weighted by Crippen LogP contribution is -2.50. The van der Waals surface area contributed by atoms with Gasteiger partial charge in [0.05, 0.1) is 7.11 Å². The molecule has 0 saturated carbocycles. The third-order valence-electron chi connectivity index (χ3n) is 5.98. The molecule has 1 saturated heterocycles. The average molecular weight is 451 g/mol. The Kier molecular flexibility index (Phi) is 5.24. The maximum atomic E-state index is 14.9. The van der Waals surface area contributed by atoms with E-state index in [0.717, 1.165) is 6.54 Å². The van der Waals surface area contributed by atoms with E-state index in [1.165, 1.54) is 20.1 Å². The highest BCUT2D eigenvalue weighted by Gasteiger charge is 2.39. The van der Waals surface area contributed by atoms with Crippen molar-refractivity contribution in [3.63, 3.8) is 0 Å². The molecule has 4 aromatic rings. The number of benzene rings is 1. The van der Waals surface area contributed by atoms with E-state index in [-0.39, 0.29) is 11.8 Å². The fraction of sp³-hybridized carbons (Fsp3) is 0.348. The summed E-state index contributed by atoms with van der Waals surface area (Å²) in [5, 5.41) is 13.4. The van der Waals surface area contributed by atoms with Gasteiger partial charge in [0.25, 0.3) is 5.95 Å². The predicted molar refractivity (Wildman–Crippen MR) is 120 cm³/mol. The van der Waals surface area contributed by atoms with Gasteiger partial charge in [0.1, 0.15) is 28.6 Å². The number of ether oxygens (including phenoxy) is 1. The third kappa shape index (κ3) is 3.91. The Morgan fingerprint density at radius 3 is 2.91 bits per heavy atom. The minimum Gasteiger partial charge on any atom is -0.479 e. The van der Waals surface area contributed by atoms with Crippen LogP contribution >= 0.6 is 0 Å². The number of aromatic nitrogens is 4. The monoisotopic (exact) mass is 451 g/mol. The first kappa shape index (κ1) is 21.3. The molecule has 0 aliphatic carbocycles. The standard InChI is InChI=1S/C23H23F2N7O/c1-23(25)13-31(2)9-7-18(23)28-29-22-27-21(33-3)20-16(6-10-32(20)30-22)15-11-14-5-4-8-26-19(14)17(24)12-15/h4-6,8,10-12,18H,7,9,13H2,1-3H3/t18-,23?/m1/s1. The van der Waals surface area contributed by atoms with Crippen molar-refractivity contribution >= 4 is 22.4 Å². The smallest absolute Gasteiger partial charge is 0.289 e. The number of rotatable bonds is 4. The molecule has 1 aliphatic rings. The molecule has 2 atom stereocenters. The van der Waals surface area contributed by atoms with Gasteiger partial charge in [-0.25, -0.2) is 13.3 Å². The van der Waals surface area contributed by atoms with Gasteiger partial charge in [0, 0.05) is 36.4 Å². The first-order chi connectivity index (χ1) is 15.9. The third-order valence-corrected chi connectivity index (χ3v) is 5.98. The molecule has 4 heterocycles. The molecule has 33 heavy (non-hydrogen) atoms. The molecule has 0 bridgehead atoms. The summed E-state index contributed by atoms with van der Waals surface area (Å²) < 4.78 is 36.6. The van der Waals surface area contributed by atoms with Gasteiger partial charge in [-0.15, -0.1) is 10.2 Å². The Bertz CT molecular complexity index is 1370. The molecule has 10 heteroatoms. The van der Waals surface area contributed by atoms with Crippen LogP contribution in [0.3, 0.4) is 0 Å². The van der Waals surface area contributed by atoms with E-state index in [1.807, 2.05) is 18.0 Å². The normalized spacial score (nSPS) is 21.9. The Morgan fingerprint density at radius 1 is 1.27 bits per heavy atom. The van der Waals surface area contributed by atoms with Gasteiger partial charge >= 0.3 is 0 Å². The van der Waals surface area contributed by atoms with Crippen molar-refractivity contribution < 1.29 is 13.5 Å². The van der Waals surface area contributed by atoms with Crippen LogP contribution in [0.15, 0.2) is 53.0 Å². The number of pyridine rings is 1. The quantitative estimate of drug-likeness (QED) is 0.424. The Hall–Kier alpha value is -3.53. The molecular weight excluding hydrogens is 428 g/mol. The number of likely N-dealkylation sites (tertiary alicyclic amines) is 1. The number of hydrogen-bond donors (Lipinski definition) is 0. The Balaban J connectivity index is 1.54. The molecule has 170 valence electrons. The van der Waals surface area contributed by atoms with Gasteiger partial charge in [-0.1, -0.05) is 6.07 Å². The van der Waals surface area contributed by atoms with E-state index < -0.39 is 17.5 Å². The van der Waals surface area contributed by atoms with Gasteiger partial charge < -0.3 is 9.64 Å². The first-order valence-electron chi connectivity index (χ1n) is 10.6. The van der Waals surface area contributed by atoms with E-state index in [4.69, 9.17) is 4.74 Å². The summed E-state index contributed by atoms with van der Waals surface area (Å²) in [7, 11) is 3.37. The highest BCUT2D eigenvalue weighted by molar-refractivity contribution is 5.90. The lowest BCUT2D eigenvalue weighted by molar-refractivity contribution is 0.0529. The molecule has 0 amide bonds. The molecule has 1 aliphatic heterocycles. The van der Waals surface area contributed by atoms with Crippen molar-refractivity contribution in [2.45, 2.75) is 25.1 Å². The SMILES string of the molecule is COc1nc(N=N[C@@H]2CCN(C)CC2(C)F)nn2ccc(-c3cc(F)c4ncccc4c3)c12. The van der Waals surface area contributed by atoms with E-state index >= 15 is 0 Å². The fourth-order valence-electron chi connectivity index (χ4n) is 4.36. The van der Waals surface area contributed by atoms with Crippen LogP contribution in [-0.2, 0) is 0 Å². The summed E-state index contributed by atoms with van der Waals surface area (Å²) in [6.07, 6.45) is 3.83. The fourth-order valence-corrected chi connectivity index (χ4v) is 4.36. The zero-order valence-corrected chi connectivity index (χ0v) is 18.5. The number of fused-ring (bicyclic) bond motifs is 2. The van der Waals surface area contributed by atoms with Crippen molar-refractivity contribution in [2.75, 3.05) is 27.2 Å². The molecule has 0 N–H and O–H groups in total. The summed E-state index contributed by atoms with van der Waals surface area (Å²) in [5.74, 6) is -0.0951. The summed E-state index contributed by atoms with van der Waals surface area (Å²) >= 11 is 0. The van der Waals surface area contributed by atoms with Crippen LogP contribution in [0.25, 0.3) is 27.5 Å². The van der Waals surface area contributed by atoms with Crippen LogP contribution in [0.2, 0.25) is 0 Å². The lowest BCUT2D eigenvalue weighted by Gasteiger charge is -2.36. The predicted octanol–water partition coefficient (Wildman–Crippen LogP) is 4.61. The second-order valence-electron chi connectivity index (χ2n) is 8.51. The number of hydrogen-bond acceptors (Lipinski definition) is 7. The van der Waals surface area contributed by atoms with Crippen LogP contribution in [0.5, 0.6) is 5.88 Å². The van der Waals surface area contributed by atoms with Gasteiger partial charge in [-0.3, -0.25) is 4.98 Å². The molecular formula is C23H23F2N7O. The first-order valence-corrected chi connectivity index (χ1v) is 10.6. The van der Waals surface area contributed by atoms with Gasteiger partial charge in [-0.2, -0.15) is 10.1 Å². The maximum absolute atomic E-state index is 14.9. The Morgan fingerprint density at radius 2 is 2.12 bits per heavy atom. The molecule has 0 radical (unpaired) electrons. The molecule has 1 fully saturated rings. The van der Waals surface area contributed by atoms with Crippen molar-refractivity contribution in [3.8, 4) is 17.0 Å². The van der Waals surface area contributed by atoms with E-state index in [2.05, 4.69) is 25.3 Å². The molecule has 5 rings (SSSR count). The molecule has 3 aromatic heterocycles. The number of piperidine rings is 1. The second kappa shape index (κ2) is 8.11. The maximum Gasteiger partial charge on any atom is 0.289 e. The van der Waals surface area contributed by atoms with Crippen molar-refractivity contribution in [2.24, 2.45) is 10.2 Å². The van der Waals surface area contributed by atoms with Crippen LogP contribution in [0.1, 0.15) is 13.3 Å². The molecule has 1 unspecified atom stereocenters. The zero-order valence-electron chi connectivity index (χ0n) is 18.5. The average Bonchev–Trinajstić information content (AvgIpc) is 3.21. The summed E-state index contributed by atoms with van der Waals surface area (Å²) in [4.78, 5) is 10.4. The van der Waals surface area contributed by atoms with Crippen molar-refractivity contribution in [1.82, 2.24) is 24.5 Å². The van der Waals surface area contributed by atoms with Gasteiger partial charge in [0.2, 0.25) is 5.88 Å². The molecule has 1 aromatic carbocycles. The van der Waals surface area contributed by atoms with Crippen LogP contribution in [0.4, 0.5) is 14.7 Å². The minimum atomic E-state index is -1.49. The lowest BCUT2D eigenvalue weighted by atomic mass is 9.92. The van der Waals surface area contributed by atoms with Crippen LogP contribution < -0.4 is 4.74 Å². The largest absolute Gasteiger partial charge is 0.479 e. The zero-order chi connectivity index (χ0) is 23.2. The molecule has 0 spiro atoms. The van der Waals surface area contributed by atoms with E-state index in [9.17, 15) is 8.78 Å². The number of azo groups is 1. The van der Waals surface area contributed by atoms with E-state index in [0.29, 0.717) is 40.5 Å². The van der Waals surface area contributed by atoms with Crippen molar-refractivity contribution in [3.05, 3.63) is 48.5 Å². The van der Waals surface area contributed by atoms with Crippen LogP contribution in [0, 0.1) is 5.82 Å². The second-order valence-corrected chi connectivity index (χ2v) is 8.51. The van der Waals surface area contributed by atoms with Crippen molar-refractivity contribution in [1.29, 1.82) is 0 Å². The number of methoxy groups -OCH3 is 1.